The molecule has 0 aliphatic rings. The highest BCUT2D eigenvalue weighted by Crippen LogP contribution is 2.25. The Bertz CT molecular complexity index is 323. The van der Waals surface area contributed by atoms with Crippen molar-refractivity contribution in [3.8, 4) is 0 Å². The number of hydrogen-bond donors (Lipinski definition) is 1. The summed E-state index contributed by atoms with van der Waals surface area (Å²) in [6.45, 7) is 4.62. The molecule has 0 bridgehead atoms. The Morgan fingerprint density at radius 2 is 2.07 bits per heavy atom. The van der Waals surface area contributed by atoms with E-state index in [1.807, 2.05) is 31.9 Å². The number of rotatable bonds is 4. The fraction of sp³-hybridized carbons (Fsp3) is 0.500. The Morgan fingerprint density at radius 1 is 1.40 bits per heavy atom. The third kappa shape index (κ3) is 2.69. The van der Waals surface area contributed by atoms with Crippen molar-refractivity contribution in [2.24, 2.45) is 5.73 Å². The first-order valence-electron chi connectivity index (χ1n) is 5.28. The molecule has 2 N–H and O–H groups in total. The van der Waals surface area contributed by atoms with Crippen molar-refractivity contribution in [3.63, 3.8) is 0 Å². The molecule has 0 unspecified atom stereocenters. The molecular formula is C12H19FN2. The van der Waals surface area contributed by atoms with Gasteiger partial charge in [0.05, 0.1) is 5.69 Å². The van der Waals surface area contributed by atoms with Gasteiger partial charge in [-0.3, -0.25) is 0 Å². The lowest BCUT2D eigenvalue weighted by Crippen LogP contribution is -2.28. The lowest BCUT2D eigenvalue weighted by Gasteiger charge is -2.26. The van der Waals surface area contributed by atoms with E-state index in [0.717, 1.165) is 5.56 Å². The minimum Gasteiger partial charge on any atom is -0.370 e. The van der Waals surface area contributed by atoms with Gasteiger partial charge < -0.3 is 10.6 Å². The van der Waals surface area contributed by atoms with E-state index in [9.17, 15) is 4.39 Å². The summed E-state index contributed by atoms with van der Waals surface area (Å²) in [5, 5.41) is 0. The first kappa shape index (κ1) is 12.0. The van der Waals surface area contributed by atoms with Gasteiger partial charge in [0.25, 0.3) is 0 Å². The van der Waals surface area contributed by atoms with Crippen molar-refractivity contribution in [2.75, 3.05) is 18.5 Å². The number of nitrogens with zero attached hydrogens (tertiary/aromatic N) is 1. The third-order valence-corrected chi connectivity index (χ3v) is 2.61. The Balaban J connectivity index is 3.12. The van der Waals surface area contributed by atoms with Crippen LogP contribution in [0.5, 0.6) is 0 Å². The molecule has 0 atom stereocenters. The summed E-state index contributed by atoms with van der Waals surface area (Å²) in [6, 6.07) is 5.44. The second-order valence-electron chi connectivity index (χ2n) is 3.99. The van der Waals surface area contributed by atoms with Gasteiger partial charge >= 0.3 is 0 Å². The standard InChI is InChI=1S/C12H19FN2/c1-9(2)15(3)12-10(7-8-14)5-4-6-11(12)13/h4-6,9H,7-8,14H2,1-3H3. The van der Waals surface area contributed by atoms with E-state index in [0.29, 0.717) is 18.7 Å². The molecule has 0 aromatic heterocycles. The van der Waals surface area contributed by atoms with Crippen LogP contribution in [-0.2, 0) is 6.42 Å². The van der Waals surface area contributed by atoms with E-state index in [2.05, 4.69) is 0 Å². The number of anilines is 1. The maximum Gasteiger partial charge on any atom is 0.146 e. The molecule has 15 heavy (non-hydrogen) atoms. The van der Waals surface area contributed by atoms with Crippen LogP contribution >= 0.6 is 0 Å². The van der Waals surface area contributed by atoms with Gasteiger partial charge in [0.15, 0.2) is 0 Å². The molecular weight excluding hydrogens is 191 g/mol. The van der Waals surface area contributed by atoms with Crippen LogP contribution in [0.1, 0.15) is 19.4 Å². The number of hydrogen-bond acceptors (Lipinski definition) is 2. The smallest absolute Gasteiger partial charge is 0.146 e. The largest absolute Gasteiger partial charge is 0.370 e. The lowest BCUT2D eigenvalue weighted by molar-refractivity contribution is 0.610. The second-order valence-corrected chi connectivity index (χ2v) is 3.99. The van der Waals surface area contributed by atoms with Crippen LogP contribution < -0.4 is 10.6 Å². The highest BCUT2D eigenvalue weighted by Gasteiger charge is 2.14. The second kappa shape index (κ2) is 5.12. The summed E-state index contributed by atoms with van der Waals surface area (Å²) in [5.41, 5.74) is 7.17. The average Bonchev–Trinajstić information content (AvgIpc) is 2.17. The van der Waals surface area contributed by atoms with Gasteiger partial charge in [0.2, 0.25) is 0 Å². The molecule has 0 saturated carbocycles. The van der Waals surface area contributed by atoms with Gasteiger partial charge in [-0.1, -0.05) is 12.1 Å². The zero-order valence-corrected chi connectivity index (χ0v) is 9.63. The summed E-state index contributed by atoms with van der Waals surface area (Å²) in [4.78, 5) is 1.94. The third-order valence-electron chi connectivity index (χ3n) is 2.61. The molecule has 0 amide bonds. The van der Waals surface area contributed by atoms with Gasteiger partial charge in [-0.05, 0) is 38.4 Å². The molecule has 0 aliphatic heterocycles. The number of nitrogens with two attached hydrogens (primary N) is 1. The summed E-state index contributed by atoms with van der Waals surface area (Å²) < 4.78 is 13.7. The van der Waals surface area contributed by atoms with E-state index < -0.39 is 0 Å². The number of para-hydroxylation sites is 1. The molecule has 0 radical (unpaired) electrons. The fourth-order valence-electron chi connectivity index (χ4n) is 1.57. The van der Waals surface area contributed by atoms with Gasteiger partial charge in [0, 0.05) is 13.1 Å². The van der Waals surface area contributed by atoms with E-state index in [1.54, 1.807) is 6.07 Å². The molecule has 0 fully saturated rings. The first-order chi connectivity index (χ1) is 7.07. The molecule has 0 aliphatic carbocycles. The van der Waals surface area contributed by atoms with Crippen LogP contribution in [0.15, 0.2) is 18.2 Å². The molecule has 3 heteroatoms. The molecule has 84 valence electrons. The van der Waals surface area contributed by atoms with E-state index in [4.69, 9.17) is 5.73 Å². The van der Waals surface area contributed by atoms with E-state index >= 15 is 0 Å². The molecule has 0 saturated heterocycles. The average molecular weight is 210 g/mol. The maximum absolute atomic E-state index is 13.7. The normalized spacial score (nSPS) is 10.8. The van der Waals surface area contributed by atoms with E-state index in [1.165, 1.54) is 6.07 Å². The van der Waals surface area contributed by atoms with Gasteiger partial charge in [0.1, 0.15) is 5.82 Å². The highest BCUT2D eigenvalue weighted by atomic mass is 19.1. The van der Waals surface area contributed by atoms with Crippen LogP contribution in [0.3, 0.4) is 0 Å². The number of halogens is 1. The minimum absolute atomic E-state index is 0.169. The van der Waals surface area contributed by atoms with Crippen LogP contribution in [0.4, 0.5) is 10.1 Å². The maximum atomic E-state index is 13.7. The monoisotopic (exact) mass is 210 g/mol. The van der Waals surface area contributed by atoms with Crippen LogP contribution in [0, 0.1) is 5.82 Å². The Hall–Kier alpha value is -1.09. The quantitative estimate of drug-likeness (QED) is 0.825. The van der Waals surface area contributed by atoms with E-state index in [-0.39, 0.29) is 11.9 Å². The minimum atomic E-state index is -0.169. The molecule has 0 heterocycles. The summed E-state index contributed by atoms with van der Waals surface area (Å²) in [7, 11) is 1.91. The lowest BCUT2D eigenvalue weighted by atomic mass is 10.1. The van der Waals surface area contributed by atoms with Crippen LogP contribution in [-0.4, -0.2) is 19.6 Å². The van der Waals surface area contributed by atoms with Crippen molar-refractivity contribution in [2.45, 2.75) is 26.3 Å². The predicted molar refractivity (Wildman–Crippen MR) is 62.7 cm³/mol. The van der Waals surface area contributed by atoms with Crippen molar-refractivity contribution < 1.29 is 4.39 Å². The molecule has 1 aromatic carbocycles. The van der Waals surface area contributed by atoms with Crippen molar-refractivity contribution >= 4 is 5.69 Å². The predicted octanol–water partition coefficient (Wildman–Crippen LogP) is 2.17. The zero-order chi connectivity index (χ0) is 11.4. The summed E-state index contributed by atoms with van der Waals surface area (Å²) in [6.07, 6.45) is 0.712. The fourth-order valence-corrected chi connectivity index (χ4v) is 1.57. The molecule has 0 spiro atoms. The topological polar surface area (TPSA) is 29.3 Å². The van der Waals surface area contributed by atoms with Crippen LogP contribution in [0.25, 0.3) is 0 Å². The Kier molecular flexibility index (Phi) is 4.09. The summed E-state index contributed by atoms with van der Waals surface area (Å²) >= 11 is 0. The first-order valence-corrected chi connectivity index (χ1v) is 5.28. The molecule has 1 aromatic rings. The Labute approximate surface area is 90.9 Å². The SMILES string of the molecule is CC(C)N(C)c1c(F)cccc1CCN. The van der Waals surface area contributed by atoms with Gasteiger partial charge in [-0.2, -0.15) is 0 Å². The van der Waals surface area contributed by atoms with Crippen molar-refractivity contribution in [1.82, 2.24) is 0 Å². The summed E-state index contributed by atoms with van der Waals surface area (Å²) in [5.74, 6) is -0.169. The highest BCUT2D eigenvalue weighted by molar-refractivity contribution is 5.55. The van der Waals surface area contributed by atoms with Crippen LogP contribution in [0.2, 0.25) is 0 Å². The Morgan fingerprint density at radius 3 is 2.60 bits per heavy atom. The van der Waals surface area contributed by atoms with Crippen molar-refractivity contribution in [3.05, 3.63) is 29.6 Å². The molecule has 1 rings (SSSR count). The number of benzene rings is 1. The van der Waals surface area contributed by atoms with Crippen molar-refractivity contribution in [1.29, 1.82) is 0 Å². The van der Waals surface area contributed by atoms with Gasteiger partial charge in [-0.15, -0.1) is 0 Å². The zero-order valence-electron chi connectivity index (χ0n) is 9.63. The molecule has 2 nitrogen and oxygen atoms in total. The van der Waals surface area contributed by atoms with Gasteiger partial charge in [-0.25, -0.2) is 4.39 Å².